The lowest BCUT2D eigenvalue weighted by Crippen LogP contribution is -2.28. The first-order valence-corrected chi connectivity index (χ1v) is 7.83. The van der Waals surface area contributed by atoms with Gasteiger partial charge in [-0.15, -0.1) is 5.10 Å². The molecule has 0 atom stereocenters. The number of carbonyl (C=O) groups is 1. The first-order valence-electron chi connectivity index (χ1n) is 7.83. The number of hydrogen-bond acceptors (Lipinski definition) is 5. The van der Waals surface area contributed by atoms with Gasteiger partial charge in [0.15, 0.2) is 0 Å². The van der Waals surface area contributed by atoms with E-state index < -0.39 is 0 Å². The molecule has 1 aromatic carbocycles. The van der Waals surface area contributed by atoms with Gasteiger partial charge in [0.25, 0.3) is 5.78 Å². The second kappa shape index (κ2) is 6.66. The molecule has 0 unspecified atom stereocenters. The highest BCUT2D eigenvalue weighted by Gasteiger charge is 2.15. The summed E-state index contributed by atoms with van der Waals surface area (Å²) in [5, 5.41) is 7.06. The van der Waals surface area contributed by atoms with Crippen molar-refractivity contribution in [3.05, 3.63) is 52.8 Å². The Morgan fingerprint density at radius 3 is 2.71 bits per heavy atom. The van der Waals surface area contributed by atoms with Crippen molar-refractivity contribution in [2.24, 2.45) is 0 Å². The number of nitrogen functional groups attached to an aromatic ring is 1. The zero-order chi connectivity index (χ0) is 17.1. The number of aryl methyl sites for hydroxylation is 2. The van der Waals surface area contributed by atoms with Crippen molar-refractivity contribution in [3.8, 4) is 0 Å². The van der Waals surface area contributed by atoms with Crippen LogP contribution in [0.25, 0.3) is 5.78 Å². The number of fused-ring (bicyclic) bond motifs is 1. The molecule has 0 fully saturated rings. The molecule has 124 valence electrons. The molecule has 0 bridgehead atoms. The van der Waals surface area contributed by atoms with Gasteiger partial charge in [0.2, 0.25) is 11.9 Å². The normalized spacial score (nSPS) is 10.9. The molecule has 0 aliphatic rings. The summed E-state index contributed by atoms with van der Waals surface area (Å²) in [4.78, 5) is 20.7. The molecule has 7 heteroatoms. The van der Waals surface area contributed by atoms with Crippen molar-refractivity contribution in [2.75, 3.05) is 12.3 Å². The largest absolute Gasteiger partial charge is 0.366 e. The van der Waals surface area contributed by atoms with Crippen molar-refractivity contribution in [3.63, 3.8) is 0 Å². The maximum absolute atomic E-state index is 12.2. The van der Waals surface area contributed by atoms with Gasteiger partial charge in [-0.3, -0.25) is 4.79 Å². The van der Waals surface area contributed by atoms with Gasteiger partial charge < -0.3 is 11.1 Å². The molecule has 2 heterocycles. The number of amides is 1. The average Bonchev–Trinajstić information content (AvgIpc) is 2.93. The number of nitrogens with one attached hydrogen (secondary N) is 1. The lowest BCUT2D eigenvalue weighted by Gasteiger charge is -2.10. The summed E-state index contributed by atoms with van der Waals surface area (Å²) in [7, 11) is 0. The van der Waals surface area contributed by atoms with E-state index in [1.54, 1.807) is 4.52 Å². The molecule has 24 heavy (non-hydrogen) atoms. The highest BCUT2D eigenvalue weighted by molar-refractivity contribution is 5.79. The fraction of sp³-hybridized carbons (Fsp3) is 0.294. The molecule has 1 amide bonds. The van der Waals surface area contributed by atoms with Gasteiger partial charge in [-0.05, 0) is 25.8 Å². The third-order valence-corrected chi connectivity index (χ3v) is 3.98. The average molecular weight is 324 g/mol. The topological polar surface area (TPSA) is 98.2 Å². The predicted octanol–water partition coefficient (Wildman–Crippen LogP) is 1.22. The van der Waals surface area contributed by atoms with Crippen LogP contribution in [0.4, 0.5) is 5.95 Å². The quantitative estimate of drug-likeness (QED) is 0.735. The predicted molar refractivity (Wildman–Crippen MR) is 91.5 cm³/mol. The molecular weight excluding hydrogens is 304 g/mol. The Bertz CT molecular complexity index is 872. The lowest BCUT2D eigenvalue weighted by molar-refractivity contribution is -0.120. The Hall–Kier alpha value is -2.96. The first-order chi connectivity index (χ1) is 11.5. The Labute approximate surface area is 139 Å². The van der Waals surface area contributed by atoms with Crippen molar-refractivity contribution in [1.82, 2.24) is 24.9 Å². The van der Waals surface area contributed by atoms with Crippen molar-refractivity contribution in [2.45, 2.75) is 26.7 Å². The Kier molecular flexibility index (Phi) is 4.41. The Morgan fingerprint density at radius 1 is 1.21 bits per heavy atom. The van der Waals surface area contributed by atoms with Gasteiger partial charge in [0.1, 0.15) is 0 Å². The summed E-state index contributed by atoms with van der Waals surface area (Å²) in [5.74, 6) is 0.594. The minimum atomic E-state index is -0.0358. The van der Waals surface area contributed by atoms with E-state index in [0.29, 0.717) is 12.3 Å². The summed E-state index contributed by atoms with van der Waals surface area (Å²) in [6.45, 7) is 4.36. The molecule has 0 aliphatic carbocycles. The third-order valence-electron chi connectivity index (χ3n) is 3.98. The summed E-state index contributed by atoms with van der Waals surface area (Å²) < 4.78 is 1.58. The van der Waals surface area contributed by atoms with E-state index in [9.17, 15) is 4.79 Å². The van der Waals surface area contributed by atoms with Gasteiger partial charge in [0.05, 0.1) is 6.42 Å². The number of aromatic nitrogens is 4. The lowest BCUT2D eigenvalue weighted by atomic mass is 10.1. The van der Waals surface area contributed by atoms with E-state index in [4.69, 9.17) is 5.73 Å². The van der Waals surface area contributed by atoms with Crippen LogP contribution in [0.3, 0.4) is 0 Å². The fourth-order valence-electron chi connectivity index (χ4n) is 2.69. The molecule has 7 nitrogen and oxygen atoms in total. The third kappa shape index (κ3) is 3.34. The van der Waals surface area contributed by atoms with E-state index in [-0.39, 0.29) is 18.3 Å². The van der Waals surface area contributed by atoms with Crippen LogP contribution in [0.5, 0.6) is 0 Å². The van der Waals surface area contributed by atoms with Crippen LogP contribution in [-0.2, 0) is 17.6 Å². The number of nitrogens with zero attached hydrogens (tertiary/aromatic N) is 4. The zero-order valence-electron chi connectivity index (χ0n) is 13.8. The van der Waals surface area contributed by atoms with Crippen LogP contribution >= 0.6 is 0 Å². The van der Waals surface area contributed by atoms with Crippen LogP contribution in [0.2, 0.25) is 0 Å². The summed E-state index contributed by atoms with van der Waals surface area (Å²) in [6, 6.07) is 10.1. The van der Waals surface area contributed by atoms with E-state index in [1.807, 2.05) is 44.2 Å². The second-order valence-corrected chi connectivity index (χ2v) is 5.71. The van der Waals surface area contributed by atoms with Gasteiger partial charge >= 0.3 is 0 Å². The maximum atomic E-state index is 12.2. The number of nitrogens with two attached hydrogens (primary N) is 1. The van der Waals surface area contributed by atoms with E-state index >= 15 is 0 Å². The number of carbonyl (C=O) groups excluding carboxylic acids is 1. The first kappa shape index (κ1) is 15.9. The number of benzene rings is 1. The van der Waals surface area contributed by atoms with Crippen molar-refractivity contribution in [1.29, 1.82) is 0 Å². The molecular formula is C17H20N6O. The molecule has 3 aromatic rings. The monoisotopic (exact) mass is 324 g/mol. The molecule has 0 radical (unpaired) electrons. The summed E-state index contributed by atoms with van der Waals surface area (Å²) >= 11 is 0. The zero-order valence-corrected chi connectivity index (χ0v) is 13.8. The van der Waals surface area contributed by atoms with Crippen LogP contribution < -0.4 is 11.1 Å². The molecule has 0 saturated heterocycles. The molecule has 0 spiro atoms. The van der Waals surface area contributed by atoms with Gasteiger partial charge in [-0.2, -0.15) is 9.50 Å². The molecule has 0 aliphatic heterocycles. The molecule has 2 aromatic heterocycles. The summed E-state index contributed by atoms with van der Waals surface area (Å²) in [5.41, 5.74) is 9.27. The molecule has 3 rings (SSSR count). The van der Waals surface area contributed by atoms with Crippen LogP contribution in [0.1, 0.15) is 22.5 Å². The Morgan fingerprint density at radius 2 is 1.96 bits per heavy atom. The maximum Gasteiger partial charge on any atom is 0.254 e. The number of anilines is 1. The van der Waals surface area contributed by atoms with E-state index in [2.05, 4.69) is 20.4 Å². The Balaban J connectivity index is 1.67. The van der Waals surface area contributed by atoms with E-state index in [0.717, 1.165) is 23.4 Å². The highest BCUT2D eigenvalue weighted by Crippen LogP contribution is 2.14. The van der Waals surface area contributed by atoms with Crippen molar-refractivity contribution < 1.29 is 4.79 Å². The van der Waals surface area contributed by atoms with Crippen LogP contribution in [-0.4, -0.2) is 32.0 Å². The second-order valence-electron chi connectivity index (χ2n) is 5.71. The SMILES string of the molecule is Cc1nc2nc(N)nn2c(C)c1CC(=O)NCCc1ccccc1. The van der Waals surface area contributed by atoms with Gasteiger partial charge in [-0.25, -0.2) is 4.98 Å². The minimum absolute atomic E-state index is 0.0358. The smallest absolute Gasteiger partial charge is 0.254 e. The standard InChI is InChI=1S/C17H20N6O/c1-11-14(12(2)23-17(20-11)21-16(18)22-23)10-15(24)19-9-8-13-6-4-3-5-7-13/h3-7H,8-10H2,1-2H3,(H2,18,22)(H,19,24). The molecule has 0 saturated carbocycles. The van der Waals surface area contributed by atoms with Crippen LogP contribution in [0.15, 0.2) is 30.3 Å². The van der Waals surface area contributed by atoms with E-state index in [1.165, 1.54) is 5.56 Å². The molecule has 3 N–H and O–H groups in total. The van der Waals surface area contributed by atoms with Crippen LogP contribution in [0, 0.1) is 13.8 Å². The van der Waals surface area contributed by atoms with Gasteiger partial charge in [-0.1, -0.05) is 30.3 Å². The fourth-order valence-corrected chi connectivity index (χ4v) is 2.69. The summed E-state index contributed by atoms with van der Waals surface area (Å²) in [6.07, 6.45) is 1.07. The number of rotatable bonds is 5. The van der Waals surface area contributed by atoms with Crippen molar-refractivity contribution >= 4 is 17.6 Å². The highest BCUT2D eigenvalue weighted by atomic mass is 16.1. The van der Waals surface area contributed by atoms with Gasteiger partial charge in [0, 0.05) is 23.5 Å². The minimum Gasteiger partial charge on any atom is -0.366 e. The number of hydrogen-bond donors (Lipinski definition) is 2.